The molecule has 0 aromatic carbocycles. The van der Waals surface area contributed by atoms with Crippen LogP contribution in [0.2, 0.25) is 0 Å². The number of hydrogen-bond donors (Lipinski definition) is 1. The summed E-state index contributed by atoms with van der Waals surface area (Å²) in [4.78, 5) is 4.44. The number of furan rings is 1. The van der Waals surface area contributed by atoms with Crippen molar-refractivity contribution in [2.24, 2.45) is 0 Å². The van der Waals surface area contributed by atoms with E-state index >= 15 is 0 Å². The summed E-state index contributed by atoms with van der Waals surface area (Å²) >= 11 is 1.61. The summed E-state index contributed by atoms with van der Waals surface area (Å²) in [5, 5.41) is 6.24. The van der Waals surface area contributed by atoms with Gasteiger partial charge in [-0.25, -0.2) is 4.98 Å². The van der Waals surface area contributed by atoms with Crippen LogP contribution >= 0.6 is 11.3 Å². The smallest absolute Gasteiger partial charge is 0.183 e. The first kappa shape index (κ1) is 9.27. The average Bonchev–Trinajstić information content (AvgIpc) is 2.69. The van der Waals surface area contributed by atoms with Gasteiger partial charge in [0, 0.05) is 17.0 Å². The average molecular weight is 208 g/mol. The van der Waals surface area contributed by atoms with Gasteiger partial charge in [-0.1, -0.05) is 0 Å². The van der Waals surface area contributed by atoms with Crippen molar-refractivity contribution < 1.29 is 4.42 Å². The molecule has 0 saturated carbocycles. The number of rotatable bonds is 3. The molecule has 1 N–H and O–H groups in total. The van der Waals surface area contributed by atoms with Crippen LogP contribution in [0.15, 0.2) is 28.4 Å². The lowest BCUT2D eigenvalue weighted by molar-refractivity contribution is 0.568. The molecule has 3 nitrogen and oxygen atoms in total. The summed E-state index contributed by atoms with van der Waals surface area (Å²) in [5.74, 6) is 0. The molecular formula is C10H12N2OS. The van der Waals surface area contributed by atoms with Gasteiger partial charge in [-0.2, -0.15) is 0 Å². The molecule has 0 aliphatic heterocycles. The molecule has 2 rings (SSSR count). The maximum atomic E-state index is 5.00. The minimum Gasteiger partial charge on any atom is -0.472 e. The molecule has 14 heavy (non-hydrogen) atoms. The van der Waals surface area contributed by atoms with Crippen molar-refractivity contribution in [3.63, 3.8) is 0 Å². The van der Waals surface area contributed by atoms with Crippen LogP contribution in [0.5, 0.6) is 0 Å². The summed E-state index contributed by atoms with van der Waals surface area (Å²) in [6.45, 7) is 4.19. The van der Waals surface area contributed by atoms with E-state index in [1.54, 1.807) is 23.9 Å². The molecule has 0 fully saturated rings. The highest BCUT2D eigenvalue weighted by Crippen LogP contribution is 2.25. The molecule has 2 aromatic heterocycles. The van der Waals surface area contributed by atoms with E-state index in [1.807, 2.05) is 11.4 Å². The first-order chi connectivity index (χ1) is 6.75. The molecule has 0 aliphatic carbocycles. The maximum absolute atomic E-state index is 5.00. The van der Waals surface area contributed by atoms with Gasteiger partial charge in [0.15, 0.2) is 5.13 Å². The predicted molar refractivity (Wildman–Crippen MR) is 58.6 cm³/mol. The number of aromatic nitrogens is 1. The van der Waals surface area contributed by atoms with Crippen molar-refractivity contribution in [3.8, 4) is 11.3 Å². The summed E-state index contributed by atoms with van der Waals surface area (Å²) in [6, 6.07) is 2.33. The molecule has 2 aromatic rings. The minimum atomic E-state index is 0.415. The Bertz CT molecular complexity index is 392. The largest absolute Gasteiger partial charge is 0.472 e. The second-order valence-electron chi connectivity index (χ2n) is 3.35. The second-order valence-corrected chi connectivity index (χ2v) is 4.21. The number of nitrogens with zero attached hydrogens (tertiary/aromatic N) is 1. The van der Waals surface area contributed by atoms with Crippen molar-refractivity contribution >= 4 is 16.5 Å². The SMILES string of the molecule is CC(C)Nc1nc(-c2ccoc2)cs1. The first-order valence-corrected chi connectivity index (χ1v) is 5.38. The van der Waals surface area contributed by atoms with Crippen LogP contribution in [0.3, 0.4) is 0 Å². The lowest BCUT2D eigenvalue weighted by Crippen LogP contribution is -2.08. The molecule has 2 heterocycles. The van der Waals surface area contributed by atoms with E-state index in [0.29, 0.717) is 6.04 Å². The van der Waals surface area contributed by atoms with E-state index < -0.39 is 0 Å². The second kappa shape index (κ2) is 3.84. The Labute approximate surface area is 86.8 Å². The van der Waals surface area contributed by atoms with Crippen molar-refractivity contribution in [1.82, 2.24) is 4.98 Å². The van der Waals surface area contributed by atoms with Gasteiger partial charge in [0.2, 0.25) is 0 Å². The van der Waals surface area contributed by atoms with Crippen LogP contribution < -0.4 is 5.32 Å². The fraction of sp³-hybridized carbons (Fsp3) is 0.300. The van der Waals surface area contributed by atoms with E-state index in [4.69, 9.17) is 4.42 Å². The Kier molecular flexibility index (Phi) is 2.54. The fourth-order valence-corrected chi connectivity index (χ4v) is 2.00. The van der Waals surface area contributed by atoms with E-state index in [0.717, 1.165) is 16.4 Å². The Morgan fingerprint density at radius 2 is 2.36 bits per heavy atom. The highest BCUT2D eigenvalue weighted by molar-refractivity contribution is 7.14. The third-order valence-corrected chi connectivity index (χ3v) is 2.51. The van der Waals surface area contributed by atoms with Crippen molar-refractivity contribution in [3.05, 3.63) is 24.0 Å². The van der Waals surface area contributed by atoms with Crippen LogP contribution in [0.4, 0.5) is 5.13 Å². The van der Waals surface area contributed by atoms with E-state index in [1.165, 1.54) is 0 Å². The summed E-state index contributed by atoms with van der Waals surface area (Å²) < 4.78 is 5.00. The normalized spacial score (nSPS) is 10.8. The Morgan fingerprint density at radius 3 is 3.00 bits per heavy atom. The first-order valence-electron chi connectivity index (χ1n) is 4.50. The van der Waals surface area contributed by atoms with Gasteiger partial charge < -0.3 is 9.73 Å². The minimum absolute atomic E-state index is 0.415. The number of thiazole rings is 1. The van der Waals surface area contributed by atoms with E-state index in [2.05, 4.69) is 24.1 Å². The van der Waals surface area contributed by atoms with Crippen LogP contribution in [-0.2, 0) is 0 Å². The maximum Gasteiger partial charge on any atom is 0.183 e. The summed E-state index contributed by atoms with van der Waals surface area (Å²) in [5.41, 5.74) is 1.99. The molecule has 0 aliphatic rings. The zero-order valence-electron chi connectivity index (χ0n) is 8.15. The number of anilines is 1. The standard InChI is InChI=1S/C10H12N2OS/c1-7(2)11-10-12-9(6-14-10)8-3-4-13-5-8/h3-7H,1-2H3,(H,11,12). The molecule has 74 valence electrons. The zero-order valence-corrected chi connectivity index (χ0v) is 8.97. The van der Waals surface area contributed by atoms with Gasteiger partial charge in [0.05, 0.1) is 18.2 Å². The molecule has 0 amide bonds. The lowest BCUT2D eigenvalue weighted by atomic mass is 10.3. The van der Waals surface area contributed by atoms with E-state index in [-0.39, 0.29) is 0 Å². The van der Waals surface area contributed by atoms with Gasteiger partial charge in [-0.3, -0.25) is 0 Å². The summed E-state index contributed by atoms with van der Waals surface area (Å²) in [6.07, 6.45) is 3.36. The highest BCUT2D eigenvalue weighted by Gasteiger charge is 2.05. The third-order valence-electron chi connectivity index (χ3n) is 1.73. The molecule has 0 unspecified atom stereocenters. The van der Waals surface area contributed by atoms with Crippen LogP contribution in [0.25, 0.3) is 11.3 Å². The number of nitrogens with one attached hydrogen (secondary N) is 1. The quantitative estimate of drug-likeness (QED) is 0.841. The molecule has 0 atom stereocenters. The molecule has 0 radical (unpaired) electrons. The monoisotopic (exact) mass is 208 g/mol. The molecular weight excluding hydrogens is 196 g/mol. The van der Waals surface area contributed by atoms with E-state index in [9.17, 15) is 0 Å². The van der Waals surface area contributed by atoms with Crippen LogP contribution in [-0.4, -0.2) is 11.0 Å². The Morgan fingerprint density at radius 1 is 1.50 bits per heavy atom. The van der Waals surface area contributed by atoms with Crippen LogP contribution in [0, 0.1) is 0 Å². The predicted octanol–water partition coefficient (Wildman–Crippen LogP) is 3.22. The topological polar surface area (TPSA) is 38.1 Å². The molecule has 0 bridgehead atoms. The van der Waals surface area contributed by atoms with Crippen molar-refractivity contribution in [2.75, 3.05) is 5.32 Å². The fourth-order valence-electron chi connectivity index (χ4n) is 1.13. The molecule has 0 saturated heterocycles. The zero-order chi connectivity index (χ0) is 9.97. The van der Waals surface area contributed by atoms with Crippen LogP contribution in [0.1, 0.15) is 13.8 Å². The lowest BCUT2D eigenvalue weighted by Gasteiger charge is -2.04. The Hall–Kier alpha value is -1.29. The molecule has 0 spiro atoms. The highest BCUT2D eigenvalue weighted by atomic mass is 32.1. The van der Waals surface area contributed by atoms with Gasteiger partial charge in [-0.15, -0.1) is 11.3 Å². The molecule has 4 heteroatoms. The van der Waals surface area contributed by atoms with Gasteiger partial charge in [0.1, 0.15) is 0 Å². The van der Waals surface area contributed by atoms with Gasteiger partial charge in [0.25, 0.3) is 0 Å². The number of hydrogen-bond acceptors (Lipinski definition) is 4. The Balaban J connectivity index is 2.18. The van der Waals surface area contributed by atoms with Crippen molar-refractivity contribution in [1.29, 1.82) is 0 Å². The third kappa shape index (κ3) is 1.96. The van der Waals surface area contributed by atoms with Crippen molar-refractivity contribution in [2.45, 2.75) is 19.9 Å². The van der Waals surface area contributed by atoms with Gasteiger partial charge >= 0.3 is 0 Å². The van der Waals surface area contributed by atoms with Gasteiger partial charge in [-0.05, 0) is 19.9 Å². The summed E-state index contributed by atoms with van der Waals surface area (Å²) in [7, 11) is 0.